The summed E-state index contributed by atoms with van der Waals surface area (Å²) in [6, 6.07) is 8.77. The predicted molar refractivity (Wildman–Crippen MR) is 102 cm³/mol. The molecule has 1 saturated heterocycles. The van der Waals surface area contributed by atoms with Crippen molar-refractivity contribution in [1.82, 2.24) is 4.90 Å². The second-order valence-electron chi connectivity index (χ2n) is 7.44. The van der Waals surface area contributed by atoms with Crippen molar-refractivity contribution in [1.29, 1.82) is 0 Å². The van der Waals surface area contributed by atoms with E-state index in [9.17, 15) is 14.4 Å². The zero-order valence-electron chi connectivity index (χ0n) is 16.3. The number of imide groups is 1. The molecular formula is C21H27NO5. The maximum Gasteiger partial charge on any atom is 0.417 e. The summed E-state index contributed by atoms with van der Waals surface area (Å²) in [4.78, 5) is 38.5. The molecule has 1 heterocycles. The number of likely N-dealkylation sites (tertiary alicyclic amines) is 1. The number of benzene rings is 1. The third-order valence-electron chi connectivity index (χ3n) is 4.09. The molecule has 2 rings (SSSR count). The van der Waals surface area contributed by atoms with Gasteiger partial charge in [-0.15, -0.1) is 0 Å². The van der Waals surface area contributed by atoms with Crippen LogP contribution in [0.3, 0.4) is 0 Å². The Kier molecular flexibility index (Phi) is 6.77. The maximum absolute atomic E-state index is 12.8. The van der Waals surface area contributed by atoms with Crippen molar-refractivity contribution in [2.45, 2.75) is 52.2 Å². The highest BCUT2D eigenvalue weighted by atomic mass is 16.6. The molecule has 0 spiro atoms. The monoisotopic (exact) mass is 373 g/mol. The van der Waals surface area contributed by atoms with Crippen LogP contribution in [0.5, 0.6) is 0 Å². The van der Waals surface area contributed by atoms with Crippen LogP contribution < -0.4 is 0 Å². The molecule has 6 nitrogen and oxygen atoms in total. The molecule has 27 heavy (non-hydrogen) atoms. The van der Waals surface area contributed by atoms with E-state index >= 15 is 0 Å². The third-order valence-corrected chi connectivity index (χ3v) is 4.09. The van der Waals surface area contributed by atoms with E-state index < -0.39 is 35.5 Å². The predicted octanol–water partition coefficient (Wildman–Crippen LogP) is 3.81. The molecule has 0 saturated carbocycles. The van der Waals surface area contributed by atoms with Gasteiger partial charge in [-0.25, -0.2) is 14.5 Å². The maximum atomic E-state index is 12.8. The van der Waals surface area contributed by atoms with Crippen LogP contribution in [0.1, 0.15) is 46.1 Å². The third kappa shape index (κ3) is 5.67. The minimum atomic E-state index is -0.942. The molecule has 1 aliphatic heterocycles. The van der Waals surface area contributed by atoms with Crippen LogP contribution in [0.2, 0.25) is 0 Å². The summed E-state index contributed by atoms with van der Waals surface area (Å²) in [5.74, 6) is -1.45. The highest BCUT2D eigenvalue weighted by molar-refractivity contribution is 6.00. The molecule has 0 aliphatic carbocycles. The van der Waals surface area contributed by atoms with Crippen molar-refractivity contribution in [3.63, 3.8) is 0 Å². The standard InChI is InChI=1S/C21H27NO5/c1-5-26-19(24)17-14-16(13-9-12-15-10-7-6-8-11-15)18(23)22(17)20(25)27-21(2,3)4/h6-12,16-17H,5,13-14H2,1-4H3/b12-9+/t16-,17-/m0/s1. The van der Waals surface area contributed by atoms with Crippen LogP contribution in [0.25, 0.3) is 6.08 Å². The van der Waals surface area contributed by atoms with Crippen molar-refractivity contribution < 1.29 is 23.9 Å². The molecule has 1 fully saturated rings. The van der Waals surface area contributed by atoms with Gasteiger partial charge in [0.1, 0.15) is 11.6 Å². The number of rotatable bonds is 5. The van der Waals surface area contributed by atoms with Gasteiger partial charge in [0.2, 0.25) is 5.91 Å². The van der Waals surface area contributed by atoms with Crippen LogP contribution in [0, 0.1) is 5.92 Å². The Balaban J connectivity index is 2.13. The summed E-state index contributed by atoms with van der Waals surface area (Å²) in [6.45, 7) is 7.01. The largest absolute Gasteiger partial charge is 0.464 e. The zero-order valence-corrected chi connectivity index (χ0v) is 16.3. The van der Waals surface area contributed by atoms with Crippen molar-refractivity contribution >= 4 is 24.0 Å². The quantitative estimate of drug-likeness (QED) is 0.734. The zero-order chi connectivity index (χ0) is 20.0. The van der Waals surface area contributed by atoms with Crippen LogP contribution in [0.4, 0.5) is 4.79 Å². The fourth-order valence-corrected chi connectivity index (χ4v) is 2.92. The van der Waals surface area contributed by atoms with Gasteiger partial charge in [0.25, 0.3) is 0 Å². The molecule has 1 aromatic carbocycles. The summed E-state index contributed by atoms with van der Waals surface area (Å²) in [5.41, 5.74) is 0.260. The van der Waals surface area contributed by atoms with Gasteiger partial charge in [-0.1, -0.05) is 42.5 Å². The number of amides is 2. The molecule has 0 N–H and O–H groups in total. The molecule has 2 atom stereocenters. The molecule has 1 aliphatic rings. The van der Waals surface area contributed by atoms with Crippen LogP contribution in [-0.2, 0) is 19.1 Å². The second kappa shape index (κ2) is 8.84. The van der Waals surface area contributed by atoms with Crippen molar-refractivity contribution in [3.8, 4) is 0 Å². The van der Waals surface area contributed by atoms with Gasteiger partial charge in [-0.05, 0) is 46.1 Å². The normalized spacial score (nSPS) is 20.1. The van der Waals surface area contributed by atoms with Gasteiger partial charge < -0.3 is 9.47 Å². The van der Waals surface area contributed by atoms with Gasteiger partial charge in [0.15, 0.2) is 0 Å². The van der Waals surface area contributed by atoms with Crippen LogP contribution >= 0.6 is 0 Å². The van der Waals surface area contributed by atoms with E-state index in [1.807, 2.05) is 42.5 Å². The lowest BCUT2D eigenvalue weighted by molar-refractivity contribution is -0.151. The Bertz CT molecular complexity index is 705. The molecule has 0 bridgehead atoms. The topological polar surface area (TPSA) is 72.9 Å². The van der Waals surface area contributed by atoms with Gasteiger partial charge in [-0.2, -0.15) is 0 Å². The molecular weight excluding hydrogens is 346 g/mol. The number of hydrogen-bond acceptors (Lipinski definition) is 5. The molecule has 0 radical (unpaired) electrons. The summed E-state index contributed by atoms with van der Waals surface area (Å²) in [6.07, 6.45) is 3.67. The summed E-state index contributed by atoms with van der Waals surface area (Å²) >= 11 is 0. The number of nitrogens with zero attached hydrogens (tertiary/aromatic N) is 1. The summed E-state index contributed by atoms with van der Waals surface area (Å²) < 4.78 is 10.4. The summed E-state index contributed by atoms with van der Waals surface area (Å²) in [7, 11) is 0. The minimum absolute atomic E-state index is 0.185. The van der Waals surface area contributed by atoms with Crippen molar-refractivity contribution in [3.05, 3.63) is 42.0 Å². The Morgan fingerprint density at radius 2 is 1.89 bits per heavy atom. The van der Waals surface area contributed by atoms with E-state index in [0.717, 1.165) is 10.5 Å². The van der Waals surface area contributed by atoms with E-state index in [1.165, 1.54) is 0 Å². The lowest BCUT2D eigenvalue weighted by Gasteiger charge is -2.26. The van der Waals surface area contributed by atoms with Gasteiger partial charge in [-0.3, -0.25) is 4.79 Å². The highest BCUT2D eigenvalue weighted by Gasteiger charge is 2.48. The van der Waals surface area contributed by atoms with Gasteiger partial charge >= 0.3 is 12.1 Å². The highest BCUT2D eigenvalue weighted by Crippen LogP contribution is 2.30. The van der Waals surface area contributed by atoms with E-state index in [-0.39, 0.29) is 13.0 Å². The van der Waals surface area contributed by atoms with Crippen molar-refractivity contribution in [2.24, 2.45) is 5.92 Å². The number of carbonyl (C=O) groups excluding carboxylic acids is 3. The Labute approximate surface area is 160 Å². The number of carbonyl (C=O) groups is 3. The van der Waals surface area contributed by atoms with Gasteiger partial charge in [0.05, 0.1) is 6.61 Å². The fourth-order valence-electron chi connectivity index (χ4n) is 2.92. The second-order valence-corrected chi connectivity index (χ2v) is 7.44. The average molecular weight is 373 g/mol. The van der Waals surface area contributed by atoms with E-state index in [4.69, 9.17) is 9.47 Å². The first-order valence-corrected chi connectivity index (χ1v) is 9.17. The molecule has 6 heteroatoms. The first kappa shape index (κ1) is 20.7. The smallest absolute Gasteiger partial charge is 0.417 e. The average Bonchev–Trinajstić information content (AvgIpc) is 2.91. The Morgan fingerprint density at radius 1 is 1.22 bits per heavy atom. The summed E-state index contributed by atoms with van der Waals surface area (Å²) in [5, 5.41) is 0. The first-order chi connectivity index (χ1) is 12.7. The van der Waals surface area contributed by atoms with Gasteiger partial charge in [0, 0.05) is 5.92 Å². The van der Waals surface area contributed by atoms with Crippen molar-refractivity contribution in [2.75, 3.05) is 6.61 Å². The molecule has 2 amide bonds. The SMILES string of the molecule is CCOC(=O)[C@@H]1C[C@H](C/C=C/c2ccccc2)C(=O)N1C(=O)OC(C)(C)C. The van der Waals surface area contributed by atoms with Crippen LogP contribution in [0.15, 0.2) is 36.4 Å². The fraction of sp³-hybridized carbons (Fsp3) is 0.476. The number of hydrogen-bond donors (Lipinski definition) is 0. The number of allylic oxidation sites excluding steroid dienone is 1. The Morgan fingerprint density at radius 3 is 2.48 bits per heavy atom. The Hall–Kier alpha value is -2.63. The van der Waals surface area contributed by atoms with E-state index in [1.54, 1.807) is 27.7 Å². The lowest BCUT2D eigenvalue weighted by atomic mass is 10.0. The molecule has 0 aromatic heterocycles. The molecule has 1 aromatic rings. The minimum Gasteiger partial charge on any atom is -0.464 e. The first-order valence-electron chi connectivity index (χ1n) is 9.17. The number of esters is 1. The van der Waals surface area contributed by atoms with E-state index in [0.29, 0.717) is 6.42 Å². The van der Waals surface area contributed by atoms with Crippen LogP contribution in [-0.4, -0.2) is 41.1 Å². The molecule has 0 unspecified atom stereocenters. The molecule has 146 valence electrons. The lowest BCUT2D eigenvalue weighted by Crippen LogP contribution is -2.46. The number of ether oxygens (including phenoxy) is 2. The van der Waals surface area contributed by atoms with E-state index in [2.05, 4.69) is 0 Å².